The number of benzene rings is 2. The van der Waals surface area contributed by atoms with Crippen LogP contribution in [0.2, 0.25) is 10.0 Å². The number of nitrogens with two attached hydrogens (primary N) is 1. The molecule has 0 saturated carbocycles. The molecule has 1 heterocycles. The van der Waals surface area contributed by atoms with Crippen molar-refractivity contribution in [3.63, 3.8) is 0 Å². The number of hydrogen-bond donors (Lipinski definition) is 2. The minimum atomic E-state index is 0.271. The van der Waals surface area contributed by atoms with Crippen LogP contribution < -0.4 is 5.73 Å². The van der Waals surface area contributed by atoms with Crippen molar-refractivity contribution in [3.05, 3.63) is 58.6 Å². The van der Waals surface area contributed by atoms with E-state index in [2.05, 4.69) is 20.4 Å². The van der Waals surface area contributed by atoms with Gasteiger partial charge in [-0.2, -0.15) is 5.10 Å². The summed E-state index contributed by atoms with van der Waals surface area (Å²) >= 11 is 11.9. The van der Waals surface area contributed by atoms with Crippen LogP contribution in [0.15, 0.2) is 58.8 Å². The lowest BCUT2D eigenvalue weighted by Crippen LogP contribution is -1.83. The number of nitrogen functional groups attached to an aromatic ring is 1. The number of halogens is 2. The van der Waals surface area contributed by atoms with E-state index in [1.54, 1.807) is 18.2 Å². The third-order valence-corrected chi connectivity index (χ3v) is 3.54. The van der Waals surface area contributed by atoms with E-state index in [0.29, 0.717) is 27.1 Å². The number of rotatable bonds is 3. The highest BCUT2D eigenvalue weighted by molar-refractivity contribution is 6.36. The van der Waals surface area contributed by atoms with Crippen LogP contribution in [0.25, 0.3) is 11.3 Å². The van der Waals surface area contributed by atoms with Crippen LogP contribution in [-0.4, -0.2) is 10.2 Å². The molecular weight excluding hydrogens is 321 g/mol. The SMILES string of the molecule is Nc1n[nH]c(-c2ccccc2)c1N=Nc1ccc(Cl)cc1Cl. The summed E-state index contributed by atoms with van der Waals surface area (Å²) in [4.78, 5) is 0. The molecule has 0 saturated heterocycles. The number of nitrogens with zero attached hydrogens (tertiary/aromatic N) is 3. The molecule has 3 rings (SSSR count). The highest BCUT2D eigenvalue weighted by Gasteiger charge is 2.12. The Labute approximate surface area is 136 Å². The molecule has 0 radical (unpaired) electrons. The molecule has 1 aromatic heterocycles. The molecule has 0 spiro atoms. The normalized spacial score (nSPS) is 11.2. The molecule has 5 nitrogen and oxygen atoms in total. The third-order valence-electron chi connectivity index (χ3n) is 3.00. The monoisotopic (exact) mass is 331 g/mol. The Hall–Kier alpha value is -2.37. The lowest BCUT2D eigenvalue weighted by Gasteiger charge is -2.00. The van der Waals surface area contributed by atoms with Gasteiger partial charge in [0.25, 0.3) is 0 Å². The molecule has 0 aliphatic rings. The minimum Gasteiger partial charge on any atom is -0.380 e. The van der Waals surface area contributed by atoms with Crippen LogP contribution in [0.5, 0.6) is 0 Å². The van der Waals surface area contributed by atoms with E-state index in [-0.39, 0.29) is 5.82 Å². The van der Waals surface area contributed by atoms with Gasteiger partial charge in [-0.25, -0.2) is 0 Å². The first-order chi connectivity index (χ1) is 10.6. The summed E-state index contributed by atoms with van der Waals surface area (Å²) in [5.41, 5.74) is 8.45. The van der Waals surface area contributed by atoms with E-state index in [1.165, 1.54) is 0 Å². The molecule has 0 aliphatic carbocycles. The van der Waals surface area contributed by atoms with E-state index in [4.69, 9.17) is 28.9 Å². The van der Waals surface area contributed by atoms with Crippen molar-refractivity contribution in [2.45, 2.75) is 0 Å². The van der Waals surface area contributed by atoms with Crippen LogP contribution >= 0.6 is 23.2 Å². The fraction of sp³-hybridized carbons (Fsp3) is 0. The molecule has 2 aromatic carbocycles. The number of hydrogen-bond acceptors (Lipinski definition) is 4. The molecule has 110 valence electrons. The van der Waals surface area contributed by atoms with Gasteiger partial charge >= 0.3 is 0 Å². The first-order valence-electron chi connectivity index (χ1n) is 6.41. The van der Waals surface area contributed by atoms with Crippen molar-refractivity contribution >= 4 is 40.4 Å². The first-order valence-corrected chi connectivity index (χ1v) is 7.17. The summed E-state index contributed by atoms with van der Waals surface area (Å²) in [5.74, 6) is 0.271. The van der Waals surface area contributed by atoms with Gasteiger partial charge in [0, 0.05) is 10.6 Å². The number of aromatic nitrogens is 2. The second-order valence-corrected chi connectivity index (χ2v) is 5.34. The van der Waals surface area contributed by atoms with Gasteiger partial charge in [-0.3, -0.25) is 5.10 Å². The number of azo groups is 1. The topological polar surface area (TPSA) is 79.4 Å². The summed E-state index contributed by atoms with van der Waals surface area (Å²) in [6.45, 7) is 0. The van der Waals surface area contributed by atoms with Crippen molar-refractivity contribution in [1.82, 2.24) is 10.2 Å². The lowest BCUT2D eigenvalue weighted by atomic mass is 10.1. The van der Waals surface area contributed by atoms with Crippen LogP contribution in [0.3, 0.4) is 0 Å². The maximum atomic E-state index is 6.07. The number of aromatic amines is 1. The Bertz CT molecular complexity index is 827. The molecule has 0 amide bonds. The molecule has 3 N–H and O–H groups in total. The molecule has 0 atom stereocenters. The Morgan fingerprint density at radius 3 is 2.50 bits per heavy atom. The molecule has 22 heavy (non-hydrogen) atoms. The van der Waals surface area contributed by atoms with Crippen LogP contribution in [-0.2, 0) is 0 Å². The van der Waals surface area contributed by atoms with Gasteiger partial charge in [0.1, 0.15) is 5.69 Å². The van der Waals surface area contributed by atoms with Crippen molar-refractivity contribution in [2.24, 2.45) is 10.2 Å². The fourth-order valence-corrected chi connectivity index (χ4v) is 2.37. The van der Waals surface area contributed by atoms with Gasteiger partial charge in [0.15, 0.2) is 11.5 Å². The van der Waals surface area contributed by atoms with E-state index < -0.39 is 0 Å². The summed E-state index contributed by atoms with van der Waals surface area (Å²) in [6.07, 6.45) is 0. The molecular formula is C15H11Cl2N5. The average molecular weight is 332 g/mol. The maximum Gasteiger partial charge on any atom is 0.173 e. The zero-order valence-corrected chi connectivity index (χ0v) is 12.8. The van der Waals surface area contributed by atoms with Crippen LogP contribution in [0.4, 0.5) is 17.2 Å². The molecule has 0 fully saturated rings. The summed E-state index contributed by atoms with van der Waals surface area (Å²) in [7, 11) is 0. The molecule has 0 unspecified atom stereocenters. The Morgan fingerprint density at radius 2 is 1.77 bits per heavy atom. The Kier molecular flexibility index (Phi) is 4.09. The molecule has 7 heteroatoms. The van der Waals surface area contributed by atoms with Gasteiger partial charge in [-0.05, 0) is 18.2 Å². The number of H-pyrrole nitrogens is 1. The zero-order chi connectivity index (χ0) is 15.5. The van der Waals surface area contributed by atoms with Gasteiger partial charge in [0.05, 0.1) is 10.7 Å². The number of anilines is 1. The Balaban J connectivity index is 1.99. The summed E-state index contributed by atoms with van der Waals surface area (Å²) < 4.78 is 0. The van der Waals surface area contributed by atoms with E-state index in [0.717, 1.165) is 5.56 Å². The van der Waals surface area contributed by atoms with Gasteiger partial charge in [0.2, 0.25) is 0 Å². The molecule has 3 aromatic rings. The van der Waals surface area contributed by atoms with Crippen molar-refractivity contribution in [1.29, 1.82) is 0 Å². The van der Waals surface area contributed by atoms with E-state index in [9.17, 15) is 0 Å². The first kappa shape index (κ1) is 14.6. The maximum absolute atomic E-state index is 6.07. The Morgan fingerprint density at radius 1 is 1.00 bits per heavy atom. The van der Waals surface area contributed by atoms with Gasteiger partial charge in [-0.1, -0.05) is 53.5 Å². The van der Waals surface area contributed by atoms with Gasteiger partial charge in [-0.15, -0.1) is 10.2 Å². The van der Waals surface area contributed by atoms with E-state index >= 15 is 0 Å². The fourth-order valence-electron chi connectivity index (χ4n) is 1.92. The quantitative estimate of drug-likeness (QED) is 0.631. The second kappa shape index (κ2) is 6.17. The highest BCUT2D eigenvalue weighted by atomic mass is 35.5. The van der Waals surface area contributed by atoms with Crippen molar-refractivity contribution < 1.29 is 0 Å². The van der Waals surface area contributed by atoms with Crippen molar-refractivity contribution in [3.8, 4) is 11.3 Å². The summed E-state index contributed by atoms with van der Waals surface area (Å²) in [6, 6.07) is 14.6. The van der Waals surface area contributed by atoms with Crippen LogP contribution in [0, 0.1) is 0 Å². The third kappa shape index (κ3) is 2.95. The predicted octanol–water partition coefficient (Wildman–Crippen LogP) is 5.38. The minimum absolute atomic E-state index is 0.271. The summed E-state index contributed by atoms with van der Waals surface area (Å²) in [5, 5.41) is 16.1. The molecule has 0 aliphatic heterocycles. The average Bonchev–Trinajstić information content (AvgIpc) is 2.88. The van der Waals surface area contributed by atoms with Gasteiger partial charge < -0.3 is 5.73 Å². The zero-order valence-electron chi connectivity index (χ0n) is 11.3. The largest absolute Gasteiger partial charge is 0.380 e. The smallest absolute Gasteiger partial charge is 0.173 e. The predicted molar refractivity (Wildman–Crippen MR) is 89.1 cm³/mol. The number of nitrogens with one attached hydrogen (secondary N) is 1. The second-order valence-electron chi connectivity index (χ2n) is 4.49. The molecule has 0 bridgehead atoms. The lowest BCUT2D eigenvalue weighted by molar-refractivity contribution is 1.10. The highest BCUT2D eigenvalue weighted by Crippen LogP contribution is 2.35. The van der Waals surface area contributed by atoms with Crippen LogP contribution in [0.1, 0.15) is 0 Å². The standard InChI is InChI=1S/C15H11Cl2N5/c16-10-6-7-12(11(17)8-10)19-21-14-13(20-22-15(14)18)9-4-2-1-3-5-9/h1-8H,(H3,18,20,22). The van der Waals surface area contributed by atoms with Crippen molar-refractivity contribution in [2.75, 3.05) is 5.73 Å². The van der Waals surface area contributed by atoms with E-state index in [1.807, 2.05) is 30.3 Å².